The predicted molar refractivity (Wildman–Crippen MR) is 84.5 cm³/mol. The zero-order chi connectivity index (χ0) is 16.0. The van der Waals surface area contributed by atoms with Crippen molar-refractivity contribution in [2.75, 3.05) is 0 Å². The molecule has 118 valence electrons. The van der Waals surface area contributed by atoms with Crippen LogP contribution in [0.1, 0.15) is 51.5 Å². The standard InChI is InChI=1S/C15H24N2O3S/c1-10(12-6-5-7-21-12)16-14(20)17-11(8-13(18)19)9-15(2,3)4/h5-7,10-11H,8-9H2,1-4H3,(H,18,19)(H2,16,17,20). The summed E-state index contributed by atoms with van der Waals surface area (Å²) in [6.07, 6.45) is 0.540. The van der Waals surface area contributed by atoms with Gasteiger partial charge in [-0.1, -0.05) is 26.8 Å². The molecule has 2 atom stereocenters. The number of carboxylic acids is 1. The van der Waals surface area contributed by atoms with Gasteiger partial charge >= 0.3 is 12.0 Å². The number of nitrogens with one attached hydrogen (secondary N) is 2. The number of hydrogen-bond acceptors (Lipinski definition) is 3. The van der Waals surface area contributed by atoms with Gasteiger partial charge in [0.05, 0.1) is 12.5 Å². The molecule has 0 fully saturated rings. The Morgan fingerprint density at radius 1 is 1.33 bits per heavy atom. The summed E-state index contributed by atoms with van der Waals surface area (Å²) in [5, 5.41) is 16.5. The molecule has 2 unspecified atom stereocenters. The highest BCUT2D eigenvalue weighted by Gasteiger charge is 2.23. The molecule has 1 heterocycles. The molecule has 0 aliphatic heterocycles. The van der Waals surface area contributed by atoms with Crippen molar-refractivity contribution in [2.45, 2.75) is 52.6 Å². The first-order chi connectivity index (χ1) is 9.67. The van der Waals surface area contributed by atoms with E-state index in [1.165, 1.54) is 0 Å². The van der Waals surface area contributed by atoms with Crippen LogP contribution < -0.4 is 10.6 Å². The molecule has 1 aromatic rings. The molecule has 0 aliphatic carbocycles. The lowest BCUT2D eigenvalue weighted by Crippen LogP contribution is -2.45. The van der Waals surface area contributed by atoms with Gasteiger partial charge in [0.1, 0.15) is 0 Å². The second kappa shape index (κ2) is 7.45. The Bertz CT molecular complexity index is 466. The molecule has 6 heteroatoms. The lowest BCUT2D eigenvalue weighted by molar-refractivity contribution is -0.137. The number of hydrogen-bond donors (Lipinski definition) is 3. The molecule has 0 aromatic carbocycles. The number of urea groups is 1. The number of thiophene rings is 1. The summed E-state index contributed by atoms with van der Waals surface area (Å²) in [6, 6.07) is 3.09. The third-order valence-electron chi connectivity index (χ3n) is 2.93. The molecule has 0 radical (unpaired) electrons. The minimum absolute atomic E-state index is 0.0488. The van der Waals surface area contributed by atoms with Gasteiger partial charge in [-0.15, -0.1) is 11.3 Å². The van der Waals surface area contributed by atoms with Crippen molar-refractivity contribution < 1.29 is 14.7 Å². The summed E-state index contributed by atoms with van der Waals surface area (Å²) < 4.78 is 0. The lowest BCUT2D eigenvalue weighted by Gasteiger charge is -2.26. The Kier molecular flexibility index (Phi) is 6.20. The Hall–Kier alpha value is -1.56. The first-order valence-corrected chi connectivity index (χ1v) is 7.87. The Balaban J connectivity index is 2.56. The van der Waals surface area contributed by atoms with Crippen LogP contribution in [-0.2, 0) is 4.79 Å². The van der Waals surface area contributed by atoms with Crippen LogP contribution in [0.25, 0.3) is 0 Å². The van der Waals surface area contributed by atoms with Crippen LogP contribution in [0.15, 0.2) is 17.5 Å². The van der Waals surface area contributed by atoms with E-state index in [-0.39, 0.29) is 30.0 Å². The summed E-state index contributed by atoms with van der Waals surface area (Å²) in [7, 11) is 0. The molecule has 1 rings (SSSR count). The summed E-state index contributed by atoms with van der Waals surface area (Å²) in [5.41, 5.74) is -0.0488. The fourth-order valence-corrected chi connectivity index (χ4v) is 2.89. The second-order valence-corrected chi connectivity index (χ2v) is 7.39. The fourth-order valence-electron chi connectivity index (χ4n) is 2.16. The van der Waals surface area contributed by atoms with E-state index in [0.29, 0.717) is 6.42 Å². The van der Waals surface area contributed by atoms with Crippen LogP contribution in [0, 0.1) is 5.41 Å². The topological polar surface area (TPSA) is 78.4 Å². The minimum atomic E-state index is -0.907. The second-order valence-electron chi connectivity index (χ2n) is 6.41. The SMILES string of the molecule is CC(NC(=O)NC(CC(=O)O)CC(C)(C)C)c1cccs1. The molecule has 2 amide bonds. The van der Waals surface area contributed by atoms with Crippen LogP contribution in [0.2, 0.25) is 0 Å². The predicted octanol–water partition coefficient (Wildman–Crippen LogP) is 3.39. The molecule has 21 heavy (non-hydrogen) atoms. The average molecular weight is 312 g/mol. The highest BCUT2D eigenvalue weighted by molar-refractivity contribution is 7.10. The normalized spacial score (nSPS) is 14.3. The number of carboxylic acid groups (broad SMARTS) is 1. The Morgan fingerprint density at radius 2 is 2.00 bits per heavy atom. The van der Waals surface area contributed by atoms with Gasteiger partial charge in [-0.2, -0.15) is 0 Å². The van der Waals surface area contributed by atoms with Gasteiger partial charge in [0.2, 0.25) is 0 Å². The third-order valence-corrected chi connectivity index (χ3v) is 3.99. The van der Waals surface area contributed by atoms with Crippen LogP contribution >= 0.6 is 11.3 Å². The van der Waals surface area contributed by atoms with Crippen molar-refractivity contribution >= 4 is 23.3 Å². The highest BCUT2D eigenvalue weighted by atomic mass is 32.1. The molecule has 0 saturated heterocycles. The Morgan fingerprint density at radius 3 is 2.48 bits per heavy atom. The quantitative estimate of drug-likeness (QED) is 0.753. The van der Waals surface area contributed by atoms with Crippen LogP contribution in [0.3, 0.4) is 0 Å². The zero-order valence-corrected chi connectivity index (χ0v) is 13.8. The highest BCUT2D eigenvalue weighted by Crippen LogP contribution is 2.22. The fraction of sp³-hybridized carbons (Fsp3) is 0.600. The van der Waals surface area contributed by atoms with E-state index < -0.39 is 5.97 Å². The maximum absolute atomic E-state index is 12.0. The first kappa shape index (κ1) is 17.5. The van der Waals surface area contributed by atoms with E-state index in [0.717, 1.165) is 4.88 Å². The van der Waals surface area contributed by atoms with Crippen molar-refractivity contribution in [3.8, 4) is 0 Å². The molecular formula is C15H24N2O3S. The van der Waals surface area contributed by atoms with Crippen molar-refractivity contribution in [3.05, 3.63) is 22.4 Å². The van der Waals surface area contributed by atoms with Crippen molar-refractivity contribution in [2.24, 2.45) is 5.41 Å². The number of carbonyl (C=O) groups excluding carboxylic acids is 1. The van der Waals surface area contributed by atoms with Gasteiger partial charge in [-0.25, -0.2) is 4.79 Å². The number of aliphatic carboxylic acids is 1. The molecule has 0 bridgehead atoms. The van der Waals surface area contributed by atoms with E-state index in [4.69, 9.17) is 5.11 Å². The van der Waals surface area contributed by atoms with Gasteiger partial charge in [-0.05, 0) is 30.2 Å². The molecule has 0 spiro atoms. The molecule has 0 saturated carbocycles. The van der Waals surface area contributed by atoms with E-state index in [1.54, 1.807) is 11.3 Å². The summed E-state index contributed by atoms with van der Waals surface area (Å²) in [5.74, 6) is -0.907. The van der Waals surface area contributed by atoms with E-state index in [9.17, 15) is 9.59 Å². The molecular weight excluding hydrogens is 288 g/mol. The van der Waals surface area contributed by atoms with Gasteiger partial charge in [0.15, 0.2) is 0 Å². The van der Waals surface area contributed by atoms with Gasteiger partial charge in [0, 0.05) is 10.9 Å². The van der Waals surface area contributed by atoms with E-state index in [2.05, 4.69) is 10.6 Å². The van der Waals surface area contributed by atoms with Crippen molar-refractivity contribution in [1.29, 1.82) is 0 Å². The summed E-state index contributed by atoms with van der Waals surface area (Å²) >= 11 is 1.58. The Labute approximate surface area is 129 Å². The monoisotopic (exact) mass is 312 g/mol. The summed E-state index contributed by atoms with van der Waals surface area (Å²) in [4.78, 5) is 24.0. The van der Waals surface area contributed by atoms with Crippen LogP contribution in [0.4, 0.5) is 4.79 Å². The van der Waals surface area contributed by atoms with Crippen molar-refractivity contribution in [3.63, 3.8) is 0 Å². The molecule has 5 nitrogen and oxygen atoms in total. The maximum Gasteiger partial charge on any atom is 0.315 e. The summed E-state index contributed by atoms with van der Waals surface area (Å²) in [6.45, 7) is 7.97. The smallest absolute Gasteiger partial charge is 0.315 e. The minimum Gasteiger partial charge on any atom is -0.481 e. The van der Waals surface area contributed by atoms with Crippen molar-refractivity contribution in [1.82, 2.24) is 10.6 Å². The first-order valence-electron chi connectivity index (χ1n) is 6.99. The largest absolute Gasteiger partial charge is 0.481 e. The zero-order valence-electron chi connectivity index (χ0n) is 13.0. The molecule has 3 N–H and O–H groups in total. The van der Waals surface area contributed by atoms with E-state index in [1.807, 2.05) is 45.2 Å². The average Bonchev–Trinajstić information content (AvgIpc) is 2.77. The third kappa shape index (κ3) is 7.13. The van der Waals surface area contributed by atoms with Gasteiger partial charge in [-0.3, -0.25) is 4.79 Å². The van der Waals surface area contributed by atoms with Gasteiger partial charge < -0.3 is 15.7 Å². The number of rotatable bonds is 6. The van der Waals surface area contributed by atoms with Crippen LogP contribution in [-0.4, -0.2) is 23.1 Å². The van der Waals surface area contributed by atoms with Crippen LogP contribution in [0.5, 0.6) is 0 Å². The number of amides is 2. The van der Waals surface area contributed by atoms with E-state index >= 15 is 0 Å². The molecule has 0 aliphatic rings. The lowest BCUT2D eigenvalue weighted by atomic mass is 9.87. The number of carbonyl (C=O) groups is 2. The molecule has 1 aromatic heterocycles. The van der Waals surface area contributed by atoms with Gasteiger partial charge in [0.25, 0.3) is 0 Å². The maximum atomic E-state index is 12.0.